The van der Waals surface area contributed by atoms with Crippen LogP contribution in [0.4, 0.5) is 0 Å². The summed E-state index contributed by atoms with van der Waals surface area (Å²) >= 11 is 3.07. The molecular formula is C25H23N5OS2. The molecule has 166 valence electrons. The lowest BCUT2D eigenvalue weighted by atomic mass is 10.0. The molecule has 5 aromatic rings. The molecule has 3 heterocycles. The van der Waals surface area contributed by atoms with Crippen molar-refractivity contribution in [1.82, 2.24) is 24.7 Å². The lowest BCUT2D eigenvalue weighted by Gasteiger charge is -2.09. The molecule has 2 aromatic carbocycles. The van der Waals surface area contributed by atoms with Gasteiger partial charge in [0.05, 0.1) is 11.1 Å². The Bertz CT molecular complexity index is 1530. The minimum atomic E-state index is -0.105. The summed E-state index contributed by atoms with van der Waals surface area (Å²) in [4.78, 5) is 22.7. The first kappa shape index (κ1) is 21.6. The Balaban J connectivity index is 1.47. The van der Waals surface area contributed by atoms with Crippen molar-refractivity contribution in [3.63, 3.8) is 0 Å². The van der Waals surface area contributed by atoms with Crippen LogP contribution in [0.15, 0.2) is 58.5 Å². The van der Waals surface area contributed by atoms with Crippen molar-refractivity contribution in [2.75, 3.05) is 0 Å². The summed E-state index contributed by atoms with van der Waals surface area (Å²) in [5.41, 5.74) is 5.29. The third-order valence-corrected chi connectivity index (χ3v) is 7.46. The first-order chi connectivity index (χ1) is 15.9. The predicted molar refractivity (Wildman–Crippen MR) is 136 cm³/mol. The first-order valence-corrected chi connectivity index (χ1v) is 12.4. The van der Waals surface area contributed by atoms with Gasteiger partial charge in [-0.15, -0.1) is 21.5 Å². The van der Waals surface area contributed by atoms with Crippen molar-refractivity contribution in [2.45, 2.75) is 38.6 Å². The number of hydrogen-bond donors (Lipinski definition) is 1. The lowest BCUT2D eigenvalue weighted by molar-refractivity contribution is 0.865. The lowest BCUT2D eigenvalue weighted by Crippen LogP contribution is -2.11. The van der Waals surface area contributed by atoms with Gasteiger partial charge < -0.3 is 4.98 Å². The van der Waals surface area contributed by atoms with Crippen LogP contribution in [0, 0.1) is 27.7 Å². The molecular weight excluding hydrogens is 450 g/mol. The minimum absolute atomic E-state index is 0.105. The Morgan fingerprint density at radius 2 is 1.79 bits per heavy atom. The fourth-order valence-electron chi connectivity index (χ4n) is 3.93. The topological polar surface area (TPSA) is 76.5 Å². The highest BCUT2D eigenvalue weighted by Gasteiger charge is 2.18. The van der Waals surface area contributed by atoms with E-state index >= 15 is 0 Å². The molecule has 0 radical (unpaired) electrons. The number of aromatic amines is 1. The number of fused-ring (bicyclic) bond motifs is 1. The first-order valence-electron chi connectivity index (χ1n) is 10.6. The largest absolute Gasteiger partial charge is 0.309 e. The van der Waals surface area contributed by atoms with E-state index < -0.39 is 0 Å². The number of thiophene rings is 1. The van der Waals surface area contributed by atoms with E-state index in [2.05, 4.69) is 65.4 Å². The third kappa shape index (κ3) is 4.12. The summed E-state index contributed by atoms with van der Waals surface area (Å²) in [6.07, 6.45) is 0. The SMILES string of the molecule is Cc1ccc(-c2c(C)sc3nc(CSc4nnc(C)n4-c4cccc(C)c4)[nH]c(=O)c23)cc1. The molecule has 33 heavy (non-hydrogen) atoms. The van der Waals surface area contributed by atoms with Gasteiger partial charge in [-0.2, -0.15) is 0 Å². The number of aromatic nitrogens is 5. The normalized spacial score (nSPS) is 11.4. The van der Waals surface area contributed by atoms with Crippen molar-refractivity contribution >= 4 is 33.3 Å². The van der Waals surface area contributed by atoms with Gasteiger partial charge in [0.25, 0.3) is 5.56 Å². The van der Waals surface area contributed by atoms with Crippen LogP contribution in [0.2, 0.25) is 0 Å². The monoisotopic (exact) mass is 473 g/mol. The molecule has 0 unspecified atom stereocenters. The molecule has 6 nitrogen and oxygen atoms in total. The number of aryl methyl sites for hydroxylation is 4. The fraction of sp³-hybridized carbons (Fsp3) is 0.200. The van der Waals surface area contributed by atoms with E-state index in [-0.39, 0.29) is 5.56 Å². The van der Waals surface area contributed by atoms with Crippen LogP contribution in [-0.2, 0) is 5.75 Å². The molecule has 8 heteroatoms. The summed E-state index contributed by atoms with van der Waals surface area (Å²) in [6, 6.07) is 16.5. The number of benzene rings is 2. The smallest absolute Gasteiger partial charge is 0.260 e. The van der Waals surface area contributed by atoms with Crippen LogP contribution in [-0.4, -0.2) is 24.7 Å². The molecule has 0 bridgehead atoms. The van der Waals surface area contributed by atoms with Gasteiger partial charge in [0.1, 0.15) is 16.5 Å². The van der Waals surface area contributed by atoms with Gasteiger partial charge in [-0.3, -0.25) is 9.36 Å². The number of thioether (sulfide) groups is 1. The summed E-state index contributed by atoms with van der Waals surface area (Å²) in [5, 5.41) is 10.0. The summed E-state index contributed by atoms with van der Waals surface area (Å²) < 4.78 is 2.03. The molecule has 1 N–H and O–H groups in total. The summed E-state index contributed by atoms with van der Waals surface area (Å²) in [6.45, 7) is 8.10. The van der Waals surface area contributed by atoms with Crippen molar-refractivity contribution in [3.05, 3.63) is 86.5 Å². The molecule has 0 saturated heterocycles. The molecule has 3 aromatic heterocycles. The predicted octanol–water partition coefficient (Wildman–Crippen LogP) is 5.76. The Morgan fingerprint density at radius 1 is 1.00 bits per heavy atom. The maximum atomic E-state index is 13.1. The van der Waals surface area contributed by atoms with Gasteiger partial charge in [-0.25, -0.2) is 4.98 Å². The molecule has 0 aliphatic rings. The van der Waals surface area contributed by atoms with E-state index in [9.17, 15) is 4.79 Å². The minimum Gasteiger partial charge on any atom is -0.309 e. The van der Waals surface area contributed by atoms with Gasteiger partial charge in [0.2, 0.25) is 0 Å². The Hall–Kier alpha value is -3.23. The zero-order valence-corrected chi connectivity index (χ0v) is 20.5. The van der Waals surface area contributed by atoms with Crippen LogP contribution in [0.25, 0.3) is 27.0 Å². The third-order valence-electron chi connectivity index (χ3n) is 5.52. The highest BCUT2D eigenvalue weighted by Crippen LogP contribution is 2.36. The zero-order valence-electron chi connectivity index (χ0n) is 18.8. The second-order valence-corrected chi connectivity index (χ2v) is 10.2. The Labute approximate surface area is 199 Å². The maximum absolute atomic E-state index is 13.1. The number of nitrogens with zero attached hydrogens (tertiary/aromatic N) is 4. The van der Waals surface area contributed by atoms with Gasteiger partial charge >= 0.3 is 0 Å². The molecule has 0 spiro atoms. The quantitative estimate of drug-likeness (QED) is 0.329. The van der Waals surface area contributed by atoms with Crippen molar-refractivity contribution in [1.29, 1.82) is 0 Å². The van der Waals surface area contributed by atoms with E-state index in [4.69, 9.17) is 4.98 Å². The second kappa shape index (κ2) is 8.61. The molecule has 0 aliphatic heterocycles. The number of hydrogen-bond acceptors (Lipinski definition) is 6. The highest BCUT2D eigenvalue weighted by atomic mass is 32.2. The van der Waals surface area contributed by atoms with Gasteiger partial charge in [-0.1, -0.05) is 53.7 Å². The number of rotatable bonds is 5. The van der Waals surface area contributed by atoms with E-state index in [0.29, 0.717) is 17.0 Å². The van der Waals surface area contributed by atoms with E-state index in [1.54, 1.807) is 11.3 Å². The van der Waals surface area contributed by atoms with Crippen LogP contribution >= 0.6 is 23.1 Å². The Kier molecular flexibility index (Phi) is 5.64. The second-order valence-electron chi connectivity index (χ2n) is 8.08. The van der Waals surface area contributed by atoms with E-state index in [1.165, 1.54) is 22.9 Å². The maximum Gasteiger partial charge on any atom is 0.260 e. The van der Waals surface area contributed by atoms with E-state index in [0.717, 1.165) is 37.5 Å². The van der Waals surface area contributed by atoms with Crippen LogP contribution in [0.3, 0.4) is 0 Å². The van der Waals surface area contributed by atoms with Gasteiger partial charge in [0.15, 0.2) is 5.16 Å². The zero-order chi connectivity index (χ0) is 23.1. The van der Waals surface area contributed by atoms with Crippen molar-refractivity contribution in [3.8, 4) is 16.8 Å². The number of H-pyrrole nitrogens is 1. The fourth-order valence-corrected chi connectivity index (χ4v) is 5.87. The molecule has 5 rings (SSSR count). The molecule has 0 atom stereocenters. The van der Waals surface area contributed by atoms with Crippen molar-refractivity contribution < 1.29 is 0 Å². The van der Waals surface area contributed by atoms with Crippen LogP contribution < -0.4 is 5.56 Å². The average molecular weight is 474 g/mol. The summed E-state index contributed by atoms with van der Waals surface area (Å²) in [7, 11) is 0. The molecule has 0 fully saturated rings. The summed E-state index contributed by atoms with van der Waals surface area (Å²) in [5.74, 6) is 1.94. The van der Waals surface area contributed by atoms with Crippen molar-refractivity contribution in [2.24, 2.45) is 0 Å². The van der Waals surface area contributed by atoms with Crippen LogP contribution in [0.1, 0.15) is 27.7 Å². The van der Waals surface area contributed by atoms with Crippen LogP contribution in [0.5, 0.6) is 0 Å². The standard InChI is InChI=1S/C25H23N5OS2/c1-14-8-10-18(11-9-14)21-16(3)33-24-22(21)23(31)26-20(27-24)13-32-25-29-28-17(4)30(25)19-7-5-6-15(2)12-19/h5-12H,13H2,1-4H3,(H,26,27,31). The molecule has 0 aliphatic carbocycles. The molecule has 0 saturated carbocycles. The highest BCUT2D eigenvalue weighted by molar-refractivity contribution is 7.98. The average Bonchev–Trinajstić information content (AvgIpc) is 3.32. The molecule has 0 amide bonds. The van der Waals surface area contributed by atoms with E-state index in [1.807, 2.05) is 30.5 Å². The number of nitrogens with one attached hydrogen (secondary N) is 1. The Morgan fingerprint density at radius 3 is 2.55 bits per heavy atom. The van der Waals surface area contributed by atoms with Gasteiger partial charge in [-0.05, 0) is 51.0 Å². The van der Waals surface area contributed by atoms with Gasteiger partial charge in [0, 0.05) is 16.1 Å².